The zero-order valence-electron chi connectivity index (χ0n) is 20.1. The molecule has 1 saturated heterocycles. The summed E-state index contributed by atoms with van der Waals surface area (Å²) in [4.78, 5) is 31.4. The van der Waals surface area contributed by atoms with Gasteiger partial charge in [-0.05, 0) is 50.8 Å². The number of allylic oxidation sites excluding steroid dienone is 6. The highest BCUT2D eigenvalue weighted by atomic mass is 16.2. The maximum atomic E-state index is 12.6. The molecule has 5 heteroatoms. The minimum absolute atomic E-state index is 0.145. The topological polar surface area (TPSA) is 61.8 Å². The number of unbranched alkanes of at least 4 members (excludes halogenated alkanes) is 3. The Morgan fingerprint density at radius 1 is 1.06 bits per heavy atom. The Morgan fingerprint density at radius 3 is 2.58 bits per heavy atom. The third kappa shape index (κ3) is 6.19. The molecule has 1 heterocycles. The maximum Gasteiger partial charge on any atom is 0.261 e. The number of benzene rings is 1. The van der Waals surface area contributed by atoms with E-state index < -0.39 is 0 Å². The van der Waals surface area contributed by atoms with Gasteiger partial charge in [-0.1, -0.05) is 62.3 Å². The highest BCUT2D eigenvalue weighted by molar-refractivity contribution is 6.24. The quantitative estimate of drug-likeness (QED) is 0.262. The van der Waals surface area contributed by atoms with E-state index in [1.165, 1.54) is 10.5 Å². The van der Waals surface area contributed by atoms with E-state index in [4.69, 9.17) is 4.99 Å². The molecule has 33 heavy (non-hydrogen) atoms. The van der Waals surface area contributed by atoms with Gasteiger partial charge in [0.2, 0.25) is 0 Å². The SMILES string of the molecule is C/C=C1/C(=O)N(CCCCCCNc2ccccc2/N=C2\CC=CC=C2C)C(=O)/C1=C/CC. The van der Waals surface area contributed by atoms with Crippen molar-refractivity contribution in [3.63, 3.8) is 0 Å². The van der Waals surface area contributed by atoms with Crippen LogP contribution >= 0.6 is 0 Å². The van der Waals surface area contributed by atoms with E-state index in [0.717, 1.165) is 62.2 Å². The molecule has 5 nitrogen and oxygen atoms in total. The summed E-state index contributed by atoms with van der Waals surface area (Å²) in [6.45, 7) is 7.25. The number of nitrogens with one attached hydrogen (secondary N) is 1. The first kappa shape index (κ1) is 24.4. The molecule has 0 aromatic heterocycles. The van der Waals surface area contributed by atoms with Gasteiger partial charge in [0.15, 0.2) is 0 Å². The molecule has 1 aromatic carbocycles. The van der Waals surface area contributed by atoms with Crippen molar-refractivity contribution in [2.24, 2.45) is 4.99 Å². The Labute approximate surface area is 197 Å². The first-order valence-corrected chi connectivity index (χ1v) is 12.0. The number of aliphatic imine (C=N–C) groups is 1. The van der Waals surface area contributed by atoms with Crippen molar-refractivity contribution in [2.45, 2.75) is 59.3 Å². The largest absolute Gasteiger partial charge is 0.383 e. The second-order valence-corrected chi connectivity index (χ2v) is 8.39. The van der Waals surface area contributed by atoms with E-state index in [-0.39, 0.29) is 11.8 Å². The third-order valence-corrected chi connectivity index (χ3v) is 5.97. The van der Waals surface area contributed by atoms with Crippen LogP contribution in [0.5, 0.6) is 0 Å². The lowest BCUT2D eigenvalue weighted by atomic mass is 10.0. The van der Waals surface area contributed by atoms with Crippen molar-refractivity contribution < 1.29 is 9.59 Å². The van der Waals surface area contributed by atoms with Gasteiger partial charge in [0.1, 0.15) is 0 Å². The van der Waals surface area contributed by atoms with Crippen LogP contribution < -0.4 is 5.32 Å². The number of carbonyl (C=O) groups is 2. The van der Waals surface area contributed by atoms with Crippen molar-refractivity contribution in [3.05, 3.63) is 71.4 Å². The first-order valence-electron chi connectivity index (χ1n) is 12.0. The molecule has 1 aromatic rings. The highest BCUT2D eigenvalue weighted by Gasteiger charge is 2.37. The van der Waals surface area contributed by atoms with Gasteiger partial charge in [-0.3, -0.25) is 19.5 Å². The van der Waals surface area contributed by atoms with Gasteiger partial charge in [0.25, 0.3) is 11.8 Å². The summed E-state index contributed by atoms with van der Waals surface area (Å²) in [5, 5.41) is 3.52. The average molecular weight is 446 g/mol. The van der Waals surface area contributed by atoms with Crippen molar-refractivity contribution in [3.8, 4) is 0 Å². The molecule has 0 radical (unpaired) electrons. The van der Waals surface area contributed by atoms with Gasteiger partial charge in [0.05, 0.1) is 11.4 Å². The lowest BCUT2D eigenvalue weighted by Crippen LogP contribution is -2.30. The summed E-state index contributed by atoms with van der Waals surface area (Å²) < 4.78 is 0. The molecule has 1 fully saturated rings. The molecule has 0 saturated carbocycles. The van der Waals surface area contributed by atoms with Crippen LogP contribution in [0, 0.1) is 0 Å². The molecule has 2 aliphatic rings. The second kappa shape index (κ2) is 12.1. The average Bonchev–Trinajstić information content (AvgIpc) is 3.04. The number of likely N-dealkylation sites (tertiary alicyclic amines) is 1. The first-order chi connectivity index (χ1) is 16.1. The molecule has 2 amide bonds. The lowest BCUT2D eigenvalue weighted by molar-refractivity contribution is -0.136. The molecule has 0 spiro atoms. The van der Waals surface area contributed by atoms with Gasteiger partial charge >= 0.3 is 0 Å². The Balaban J connectivity index is 1.43. The minimum Gasteiger partial charge on any atom is -0.383 e. The number of rotatable bonds is 10. The van der Waals surface area contributed by atoms with Crippen LogP contribution in [0.4, 0.5) is 11.4 Å². The zero-order chi connectivity index (χ0) is 23.6. The summed E-state index contributed by atoms with van der Waals surface area (Å²) in [7, 11) is 0. The van der Waals surface area contributed by atoms with Crippen LogP contribution in [-0.4, -0.2) is 35.5 Å². The molecule has 0 atom stereocenters. The van der Waals surface area contributed by atoms with Crippen molar-refractivity contribution in [1.82, 2.24) is 4.90 Å². The summed E-state index contributed by atoms with van der Waals surface area (Å²) in [6, 6.07) is 8.16. The number of carbonyl (C=O) groups excluding carboxylic acids is 2. The zero-order valence-corrected chi connectivity index (χ0v) is 20.1. The summed E-state index contributed by atoms with van der Waals surface area (Å²) in [5.74, 6) is -0.297. The van der Waals surface area contributed by atoms with E-state index in [2.05, 4.69) is 36.5 Å². The lowest BCUT2D eigenvalue weighted by Gasteiger charge is -2.13. The number of imide groups is 1. The van der Waals surface area contributed by atoms with Crippen molar-refractivity contribution >= 4 is 28.9 Å². The smallest absolute Gasteiger partial charge is 0.261 e. The molecule has 1 aliphatic heterocycles. The third-order valence-electron chi connectivity index (χ3n) is 5.97. The predicted octanol–water partition coefficient (Wildman–Crippen LogP) is 6.29. The van der Waals surface area contributed by atoms with E-state index >= 15 is 0 Å². The summed E-state index contributed by atoms with van der Waals surface area (Å²) in [6.07, 6.45) is 15.4. The van der Waals surface area contributed by atoms with Gasteiger partial charge in [-0.25, -0.2) is 0 Å². The molecular weight excluding hydrogens is 410 g/mol. The van der Waals surface area contributed by atoms with Crippen molar-refractivity contribution in [2.75, 3.05) is 18.4 Å². The highest BCUT2D eigenvalue weighted by Crippen LogP contribution is 2.27. The summed E-state index contributed by atoms with van der Waals surface area (Å²) in [5.41, 5.74) is 5.44. The van der Waals surface area contributed by atoms with Crippen LogP contribution in [0.25, 0.3) is 0 Å². The standard InChI is InChI=1S/C28H35N3O2/c1-4-14-23-22(5-2)27(32)31(28(23)33)20-13-7-6-12-19-29-25-17-10-11-18-26(25)30-24-16-9-8-15-21(24)3/h5,8-11,14-15,17-18,29H,4,6-7,12-13,16,19-20H2,1-3H3/b22-5+,23-14+,30-24+. The van der Waals surface area contributed by atoms with Gasteiger partial charge in [0, 0.05) is 36.4 Å². The molecule has 1 N–H and O–H groups in total. The van der Waals surface area contributed by atoms with E-state index in [0.29, 0.717) is 17.7 Å². The fourth-order valence-electron chi connectivity index (χ4n) is 4.12. The number of amides is 2. The molecular formula is C28H35N3O2. The minimum atomic E-state index is -0.152. The van der Waals surface area contributed by atoms with Crippen molar-refractivity contribution in [1.29, 1.82) is 0 Å². The van der Waals surface area contributed by atoms with Gasteiger partial charge in [-0.2, -0.15) is 0 Å². The maximum absolute atomic E-state index is 12.6. The second-order valence-electron chi connectivity index (χ2n) is 8.39. The van der Waals surface area contributed by atoms with Gasteiger partial charge < -0.3 is 5.32 Å². The van der Waals surface area contributed by atoms with E-state index in [9.17, 15) is 9.59 Å². The van der Waals surface area contributed by atoms with Crippen LogP contribution in [0.3, 0.4) is 0 Å². The molecule has 0 unspecified atom stereocenters. The predicted molar refractivity (Wildman–Crippen MR) is 137 cm³/mol. The fraction of sp³-hybridized carbons (Fsp3) is 0.393. The number of para-hydroxylation sites is 2. The Hall–Kier alpha value is -3.21. The van der Waals surface area contributed by atoms with E-state index in [1.807, 2.05) is 38.1 Å². The van der Waals surface area contributed by atoms with Gasteiger partial charge in [-0.15, -0.1) is 0 Å². The monoisotopic (exact) mass is 445 g/mol. The number of anilines is 1. The summed E-state index contributed by atoms with van der Waals surface area (Å²) >= 11 is 0. The molecule has 3 rings (SSSR count). The normalized spacial score (nSPS) is 19.8. The Kier molecular flexibility index (Phi) is 8.99. The molecule has 0 bridgehead atoms. The Bertz CT molecular complexity index is 1030. The Morgan fingerprint density at radius 2 is 1.82 bits per heavy atom. The van der Waals surface area contributed by atoms with Crippen LogP contribution in [0.2, 0.25) is 0 Å². The van der Waals surface area contributed by atoms with E-state index in [1.54, 1.807) is 6.08 Å². The van der Waals surface area contributed by atoms with Crippen LogP contribution in [0.15, 0.2) is 76.4 Å². The fourth-order valence-corrected chi connectivity index (χ4v) is 4.12. The number of hydrogen-bond donors (Lipinski definition) is 1. The number of hydrogen-bond acceptors (Lipinski definition) is 4. The van der Waals surface area contributed by atoms with Crippen LogP contribution in [-0.2, 0) is 9.59 Å². The number of nitrogens with zero attached hydrogens (tertiary/aromatic N) is 2. The van der Waals surface area contributed by atoms with Crippen LogP contribution in [0.1, 0.15) is 59.3 Å². The molecule has 174 valence electrons. The molecule has 1 aliphatic carbocycles.